The number of benzene rings is 2. The summed E-state index contributed by atoms with van der Waals surface area (Å²) in [6.45, 7) is 1.86. The summed E-state index contributed by atoms with van der Waals surface area (Å²) in [7, 11) is 0. The monoisotopic (exact) mass is 277 g/mol. The van der Waals surface area contributed by atoms with Crippen LogP contribution in [0.15, 0.2) is 42.7 Å². The maximum absolute atomic E-state index is 11.2. The van der Waals surface area contributed by atoms with Crippen LogP contribution in [0, 0.1) is 18.3 Å². The molecule has 0 aliphatic carbocycles. The molecule has 0 atom stereocenters. The molecule has 5 heteroatoms. The molecule has 0 amide bonds. The molecule has 0 fully saturated rings. The summed E-state index contributed by atoms with van der Waals surface area (Å²) in [6, 6.07) is 12.7. The Morgan fingerprint density at radius 2 is 2.05 bits per heavy atom. The minimum Gasteiger partial charge on any atom is -0.478 e. The number of nitriles is 1. The molecule has 1 aromatic heterocycles. The fraction of sp³-hybridized carbons (Fsp3) is 0.0625. The Hall–Kier alpha value is -3.13. The van der Waals surface area contributed by atoms with Crippen LogP contribution in [0.25, 0.3) is 16.7 Å². The van der Waals surface area contributed by atoms with Crippen molar-refractivity contribution in [2.45, 2.75) is 6.92 Å². The van der Waals surface area contributed by atoms with Gasteiger partial charge < -0.3 is 5.11 Å². The lowest BCUT2D eigenvalue weighted by molar-refractivity contribution is 0.0699. The van der Waals surface area contributed by atoms with Crippen LogP contribution in [0.2, 0.25) is 0 Å². The van der Waals surface area contributed by atoms with Crippen molar-refractivity contribution in [3.8, 4) is 11.8 Å². The summed E-state index contributed by atoms with van der Waals surface area (Å²) in [5, 5.41) is 18.5. The summed E-state index contributed by atoms with van der Waals surface area (Å²) < 4.78 is 1.74. The van der Waals surface area contributed by atoms with E-state index < -0.39 is 5.97 Å². The molecule has 0 saturated carbocycles. The first kappa shape index (κ1) is 12.9. The van der Waals surface area contributed by atoms with Gasteiger partial charge in [-0.15, -0.1) is 0 Å². The van der Waals surface area contributed by atoms with Gasteiger partial charge in [0.15, 0.2) is 0 Å². The molecule has 0 aliphatic rings. The molecule has 21 heavy (non-hydrogen) atoms. The molecular formula is C16H11N3O2. The van der Waals surface area contributed by atoms with Gasteiger partial charge in [-0.05, 0) is 30.7 Å². The van der Waals surface area contributed by atoms with Crippen molar-refractivity contribution < 1.29 is 9.90 Å². The molecule has 1 N–H and O–H groups in total. The standard InChI is InChI=1S/C16H11N3O2/c1-10-4-2-6-13(12(10)8-17)19-9-18-15-11(16(20)21)5-3-7-14(15)19/h2-7,9H,1H3,(H,20,21). The predicted octanol–water partition coefficient (Wildman–Crippen LogP) is 2.90. The zero-order valence-corrected chi connectivity index (χ0v) is 11.2. The van der Waals surface area contributed by atoms with Crippen molar-refractivity contribution in [3.05, 3.63) is 59.4 Å². The highest BCUT2D eigenvalue weighted by atomic mass is 16.4. The number of imidazole rings is 1. The van der Waals surface area contributed by atoms with E-state index in [1.54, 1.807) is 23.0 Å². The second-order valence-electron chi connectivity index (χ2n) is 4.67. The number of rotatable bonds is 2. The predicted molar refractivity (Wildman–Crippen MR) is 77.5 cm³/mol. The summed E-state index contributed by atoms with van der Waals surface area (Å²) in [5.74, 6) is -1.02. The Balaban J connectivity index is 2.34. The maximum Gasteiger partial charge on any atom is 0.337 e. The highest BCUT2D eigenvalue weighted by Gasteiger charge is 2.15. The van der Waals surface area contributed by atoms with Crippen LogP contribution in [-0.4, -0.2) is 20.6 Å². The van der Waals surface area contributed by atoms with Crippen LogP contribution in [0.3, 0.4) is 0 Å². The number of nitrogens with zero attached hydrogens (tertiary/aromatic N) is 3. The Labute approximate surface area is 120 Å². The minimum absolute atomic E-state index is 0.150. The third-order valence-corrected chi connectivity index (χ3v) is 3.43. The van der Waals surface area contributed by atoms with Crippen molar-refractivity contribution in [1.29, 1.82) is 5.26 Å². The molecule has 0 bridgehead atoms. The van der Waals surface area contributed by atoms with E-state index in [-0.39, 0.29) is 5.56 Å². The van der Waals surface area contributed by atoms with Gasteiger partial charge in [0.05, 0.1) is 22.3 Å². The fourth-order valence-corrected chi connectivity index (χ4v) is 2.40. The Bertz CT molecular complexity index is 904. The molecule has 102 valence electrons. The Morgan fingerprint density at radius 1 is 1.29 bits per heavy atom. The van der Waals surface area contributed by atoms with Gasteiger partial charge in [0.25, 0.3) is 0 Å². The molecule has 0 saturated heterocycles. The zero-order valence-electron chi connectivity index (χ0n) is 11.2. The first-order valence-electron chi connectivity index (χ1n) is 6.33. The number of carbonyl (C=O) groups is 1. The van der Waals surface area contributed by atoms with Crippen molar-refractivity contribution in [2.24, 2.45) is 0 Å². The van der Waals surface area contributed by atoms with Gasteiger partial charge in [0.1, 0.15) is 17.9 Å². The van der Waals surface area contributed by atoms with Crippen LogP contribution < -0.4 is 0 Å². The fourth-order valence-electron chi connectivity index (χ4n) is 2.40. The SMILES string of the molecule is Cc1cccc(-n2cnc3c(C(=O)O)cccc32)c1C#N. The quantitative estimate of drug-likeness (QED) is 0.781. The molecular weight excluding hydrogens is 266 g/mol. The number of carboxylic acids is 1. The normalized spacial score (nSPS) is 10.5. The number of aromatic carboxylic acids is 1. The van der Waals surface area contributed by atoms with Crippen molar-refractivity contribution in [2.75, 3.05) is 0 Å². The van der Waals surface area contributed by atoms with Crippen LogP contribution in [-0.2, 0) is 0 Å². The number of carboxylic acid groups (broad SMARTS) is 1. The third-order valence-electron chi connectivity index (χ3n) is 3.43. The van der Waals surface area contributed by atoms with Gasteiger partial charge in [-0.25, -0.2) is 9.78 Å². The molecule has 0 unspecified atom stereocenters. The maximum atomic E-state index is 11.2. The second-order valence-corrected chi connectivity index (χ2v) is 4.67. The van der Waals surface area contributed by atoms with E-state index in [9.17, 15) is 15.2 Å². The van der Waals surface area contributed by atoms with E-state index in [0.717, 1.165) is 5.56 Å². The number of fused-ring (bicyclic) bond motifs is 1. The first-order valence-corrected chi connectivity index (χ1v) is 6.33. The number of aromatic nitrogens is 2. The molecule has 2 aromatic carbocycles. The number of aryl methyl sites for hydroxylation is 1. The number of para-hydroxylation sites is 1. The number of hydrogen-bond donors (Lipinski definition) is 1. The Kier molecular flexibility index (Phi) is 2.92. The van der Waals surface area contributed by atoms with Crippen molar-refractivity contribution >= 4 is 17.0 Å². The summed E-state index contributed by atoms with van der Waals surface area (Å²) in [5.41, 5.74) is 3.34. The van der Waals surface area contributed by atoms with Crippen molar-refractivity contribution in [1.82, 2.24) is 9.55 Å². The van der Waals surface area contributed by atoms with E-state index in [2.05, 4.69) is 11.1 Å². The van der Waals surface area contributed by atoms with E-state index >= 15 is 0 Å². The van der Waals surface area contributed by atoms with Gasteiger partial charge in [0.2, 0.25) is 0 Å². The van der Waals surface area contributed by atoms with E-state index in [1.165, 1.54) is 6.07 Å². The lowest BCUT2D eigenvalue weighted by atomic mass is 10.1. The van der Waals surface area contributed by atoms with Gasteiger partial charge in [-0.3, -0.25) is 4.57 Å². The van der Waals surface area contributed by atoms with Gasteiger partial charge in [-0.2, -0.15) is 5.26 Å². The minimum atomic E-state index is -1.02. The average molecular weight is 277 g/mol. The molecule has 0 aliphatic heterocycles. The molecule has 3 rings (SSSR count). The van der Waals surface area contributed by atoms with Crippen LogP contribution in [0.4, 0.5) is 0 Å². The topological polar surface area (TPSA) is 78.9 Å². The van der Waals surface area contributed by atoms with Crippen LogP contribution in [0.5, 0.6) is 0 Å². The number of hydrogen-bond acceptors (Lipinski definition) is 3. The highest BCUT2D eigenvalue weighted by Crippen LogP contribution is 2.24. The van der Waals surface area contributed by atoms with Crippen molar-refractivity contribution in [3.63, 3.8) is 0 Å². The average Bonchev–Trinajstić information content (AvgIpc) is 2.90. The molecule has 3 aromatic rings. The smallest absolute Gasteiger partial charge is 0.337 e. The van der Waals surface area contributed by atoms with Crippen LogP contribution >= 0.6 is 0 Å². The lowest BCUT2D eigenvalue weighted by Gasteiger charge is -2.08. The van der Waals surface area contributed by atoms with Gasteiger partial charge in [0, 0.05) is 0 Å². The van der Waals surface area contributed by atoms with Crippen LogP contribution in [0.1, 0.15) is 21.5 Å². The lowest BCUT2D eigenvalue weighted by Crippen LogP contribution is -1.99. The summed E-state index contributed by atoms with van der Waals surface area (Å²) in [6.07, 6.45) is 1.55. The molecule has 0 radical (unpaired) electrons. The van der Waals surface area contributed by atoms with E-state index in [1.807, 2.05) is 25.1 Å². The second kappa shape index (κ2) is 4.76. The summed E-state index contributed by atoms with van der Waals surface area (Å²) in [4.78, 5) is 15.4. The molecule has 0 spiro atoms. The van der Waals surface area contributed by atoms with Gasteiger partial charge >= 0.3 is 5.97 Å². The Morgan fingerprint density at radius 3 is 2.76 bits per heavy atom. The van der Waals surface area contributed by atoms with Gasteiger partial charge in [-0.1, -0.05) is 18.2 Å². The molecule has 1 heterocycles. The summed E-state index contributed by atoms with van der Waals surface area (Å²) >= 11 is 0. The van der Waals surface area contributed by atoms with E-state index in [4.69, 9.17) is 0 Å². The van der Waals surface area contributed by atoms with E-state index in [0.29, 0.717) is 22.3 Å². The zero-order chi connectivity index (χ0) is 15.0. The largest absolute Gasteiger partial charge is 0.478 e. The highest BCUT2D eigenvalue weighted by molar-refractivity contribution is 6.01. The third kappa shape index (κ3) is 1.94. The molecule has 5 nitrogen and oxygen atoms in total. The first-order chi connectivity index (χ1) is 10.1.